The maximum absolute atomic E-state index is 12.6. The molecule has 0 saturated carbocycles. The molecule has 1 aromatic rings. The lowest BCUT2D eigenvalue weighted by molar-refractivity contribution is -0.143. The number of H-pyrrole nitrogens is 1. The highest BCUT2D eigenvalue weighted by atomic mass is 19.4. The molecule has 18 heavy (non-hydrogen) atoms. The quantitative estimate of drug-likeness (QED) is 0.634. The van der Waals surface area contributed by atoms with Crippen molar-refractivity contribution in [2.75, 3.05) is 13.6 Å². The Morgan fingerprint density at radius 1 is 1.39 bits per heavy atom. The van der Waals surface area contributed by atoms with Crippen LogP contribution >= 0.6 is 0 Å². The molecule has 0 saturated heterocycles. The van der Waals surface area contributed by atoms with Gasteiger partial charge in [-0.3, -0.25) is 5.10 Å². The van der Waals surface area contributed by atoms with E-state index < -0.39 is 29.6 Å². The molecule has 0 aliphatic carbocycles. The first kappa shape index (κ1) is 14.9. The first-order chi connectivity index (χ1) is 8.29. The Morgan fingerprint density at radius 2 is 2.00 bits per heavy atom. The van der Waals surface area contributed by atoms with Gasteiger partial charge in [0.15, 0.2) is 5.69 Å². The summed E-state index contributed by atoms with van der Waals surface area (Å²) in [6.45, 7) is 1.75. The number of aliphatic hydroxyl groups is 2. The smallest absolute Gasteiger partial charge is 0.390 e. The molecular weight excluding hydrogens is 251 g/mol. The largest absolute Gasteiger partial charge is 0.435 e. The minimum absolute atomic E-state index is 0.0957. The molecule has 0 aliphatic heterocycles. The summed E-state index contributed by atoms with van der Waals surface area (Å²) in [6.07, 6.45) is -7.42. The van der Waals surface area contributed by atoms with Gasteiger partial charge in [-0.25, -0.2) is 0 Å². The van der Waals surface area contributed by atoms with Gasteiger partial charge in [0, 0.05) is 11.3 Å². The molecule has 0 amide bonds. The van der Waals surface area contributed by atoms with E-state index in [1.54, 1.807) is 7.05 Å². The molecule has 8 heteroatoms. The van der Waals surface area contributed by atoms with Gasteiger partial charge < -0.3 is 15.5 Å². The van der Waals surface area contributed by atoms with Crippen molar-refractivity contribution in [1.29, 1.82) is 0 Å². The third kappa shape index (κ3) is 3.21. The molecule has 2 unspecified atom stereocenters. The van der Waals surface area contributed by atoms with Crippen LogP contribution in [0.25, 0.3) is 0 Å². The Kier molecular flexibility index (Phi) is 4.71. The molecule has 1 heterocycles. The summed E-state index contributed by atoms with van der Waals surface area (Å²) >= 11 is 0. The fraction of sp³-hybridized carbons (Fsp3) is 0.700. The molecule has 0 aliphatic rings. The first-order valence-corrected chi connectivity index (χ1v) is 5.41. The van der Waals surface area contributed by atoms with Crippen molar-refractivity contribution < 1.29 is 23.4 Å². The second kappa shape index (κ2) is 5.68. The lowest BCUT2D eigenvalue weighted by Crippen LogP contribution is -2.25. The van der Waals surface area contributed by atoms with E-state index in [1.165, 1.54) is 6.92 Å². The van der Waals surface area contributed by atoms with Gasteiger partial charge in [0.25, 0.3) is 0 Å². The fourth-order valence-corrected chi connectivity index (χ4v) is 1.66. The number of halogens is 3. The van der Waals surface area contributed by atoms with E-state index in [4.69, 9.17) is 0 Å². The van der Waals surface area contributed by atoms with Crippen molar-refractivity contribution in [2.45, 2.75) is 31.7 Å². The number of hydrogen-bond acceptors (Lipinski definition) is 4. The summed E-state index contributed by atoms with van der Waals surface area (Å²) in [5.74, 6) is 0. The number of aromatic amines is 1. The lowest BCUT2D eigenvalue weighted by Gasteiger charge is -2.19. The third-order valence-corrected chi connectivity index (χ3v) is 2.61. The summed E-state index contributed by atoms with van der Waals surface area (Å²) in [5.41, 5.74) is -1.49. The van der Waals surface area contributed by atoms with E-state index in [0.29, 0.717) is 6.54 Å². The molecule has 0 radical (unpaired) electrons. The van der Waals surface area contributed by atoms with Crippen molar-refractivity contribution in [3.63, 3.8) is 0 Å². The second-order valence-electron chi connectivity index (χ2n) is 4.01. The van der Waals surface area contributed by atoms with Crippen LogP contribution in [0.4, 0.5) is 13.2 Å². The SMILES string of the molecule is CNCCC(O)C(O)c1c(C(F)(F)F)n[nH]c1C. The zero-order valence-corrected chi connectivity index (χ0v) is 10.0. The van der Waals surface area contributed by atoms with Gasteiger partial charge >= 0.3 is 6.18 Å². The minimum Gasteiger partial charge on any atom is -0.390 e. The number of aliphatic hydroxyl groups excluding tert-OH is 2. The molecule has 0 spiro atoms. The van der Waals surface area contributed by atoms with Gasteiger partial charge in [0.1, 0.15) is 6.10 Å². The van der Waals surface area contributed by atoms with E-state index in [0.717, 1.165) is 0 Å². The average Bonchev–Trinajstić information content (AvgIpc) is 2.66. The molecule has 0 fully saturated rings. The molecule has 5 nitrogen and oxygen atoms in total. The second-order valence-corrected chi connectivity index (χ2v) is 4.01. The zero-order valence-electron chi connectivity index (χ0n) is 10.0. The number of nitrogens with zero attached hydrogens (tertiary/aromatic N) is 1. The highest BCUT2D eigenvalue weighted by molar-refractivity contribution is 5.29. The lowest BCUT2D eigenvalue weighted by atomic mass is 10.00. The first-order valence-electron chi connectivity index (χ1n) is 5.41. The van der Waals surface area contributed by atoms with Crippen LogP contribution in [0.3, 0.4) is 0 Å². The number of aromatic nitrogens is 2. The highest BCUT2D eigenvalue weighted by Crippen LogP contribution is 2.35. The normalized spacial score (nSPS) is 15.7. The van der Waals surface area contributed by atoms with Crippen LogP contribution in [0.15, 0.2) is 0 Å². The van der Waals surface area contributed by atoms with Gasteiger partial charge in [-0.05, 0) is 26.9 Å². The predicted molar refractivity (Wildman–Crippen MR) is 57.8 cm³/mol. The van der Waals surface area contributed by atoms with Gasteiger partial charge in [0.05, 0.1) is 6.10 Å². The predicted octanol–water partition coefficient (Wildman–Crippen LogP) is 0.741. The Labute approximate surface area is 102 Å². The van der Waals surface area contributed by atoms with Gasteiger partial charge in [-0.2, -0.15) is 18.3 Å². The minimum atomic E-state index is -4.66. The average molecular weight is 267 g/mol. The van der Waals surface area contributed by atoms with Crippen LogP contribution in [0.1, 0.15) is 29.5 Å². The Morgan fingerprint density at radius 3 is 2.50 bits per heavy atom. The maximum Gasteiger partial charge on any atom is 0.435 e. The van der Waals surface area contributed by atoms with E-state index in [2.05, 4.69) is 15.5 Å². The Hall–Kier alpha value is -1.12. The number of nitrogens with one attached hydrogen (secondary N) is 2. The van der Waals surface area contributed by atoms with Crippen LogP contribution < -0.4 is 5.32 Å². The highest BCUT2D eigenvalue weighted by Gasteiger charge is 2.40. The molecule has 0 bridgehead atoms. The summed E-state index contributed by atoms with van der Waals surface area (Å²) in [5, 5.41) is 27.5. The number of hydrogen-bond donors (Lipinski definition) is 4. The van der Waals surface area contributed by atoms with Gasteiger partial charge in [-0.1, -0.05) is 0 Å². The molecule has 104 valence electrons. The van der Waals surface area contributed by atoms with Gasteiger partial charge in [-0.15, -0.1) is 0 Å². The van der Waals surface area contributed by atoms with Crippen LogP contribution in [-0.2, 0) is 6.18 Å². The monoisotopic (exact) mass is 267 g/mol. The standard InChI is InChI=1S/C10H16F3N3O2/c1-5-7(8(18)6(17)3-4-14-2)9(16-15-5)10(11,12)13/h6,8,14,17-18H,3-4H2,1-2H3,(H,15,16). The van der Waals surface area contributed by atoms with Crippen molar-refractivity contribution in [2.24, 2.45) is 0 Å². The van der Waals surface area contributed by atoms with Crippen LogP contribution in [0.2, 0.25) is 0 Å². The summed E-state index contributed by atoms with van der Waals surface area (Å²) < 4.78 is 37.9. The summed E-state index contributed by atoms with van der Waals surface area (Å²) in [6, 6.07) is 0. The topological polar surface area (TPSA) is 81.2 Å². The Balaban J connectivity index is 2.98. The molecule has 4 N–H and O–H groups in total. The number of rotatable bonds is 5. The van der Waals surface area contributed by atoms with Crippen molar-refractivity contribution >= 4 is 0 Å². The van der Waals surface area contributed by atoms with Crippen LogP contribution in [0, 0.1) is 6.92 Å². The molecule has 0 aromatic carbocycles. The summed E-state index contributed by atoms with van der Waals surface area (Å²) in [4.78, 5) is 0. The molecule has 2 atom stereocenters. The number of aryl methyl sites for hydroxylation is 1. The van der Waals surface area contributed by atoms with Gasteiger partial charge in [0.2, 0.25) is 0 Å². The maximum atomic E-state index is 12.6. The van der Waals surface area contributed by atoms with E-state index in [1.807, 2.05) is 0 Å². The zero-order chi connectivity index (χ0) is 13.9. The van der Waals surface area contributed by atoms with Crippen molar-refractivity contribution in [1.82, 2.24) is 15.5 Å². The summed E-state index contributed by atoms with van der Waals surface area (Å²) in [7, 11) is 1.64. The van der Waals surface area contributed by atoms with E-state index in [-0.39, 0.29) is 12.1 Å². The van der Waals surface area contributed by atoms with Crippen molar-refractivity contribution in [3.05, 3.63) is 17.0 Å². The third-order valence-electron chi connectivity index (χ3n) is 2.61. The van der Waals surface area contributed by atoms with E-state index >= 15 is 0 Å². The molecule has 1 rings (SSSR count). The van der Waals surface area contributed by atoms with Crippen molar-refractivity contribution in [3.8, 4) is 0 Å². The van der Waals surface area contributed by atoms with Crippen LogP contribution in [-0.4, -0.2) is 40.1 Å². The molecule has 1 aromatic heterocycles. The fourth-order valence-electron chi connectivity index (χ4n) is 1.66. The number of alkyl halides is 3. The van der Waals surface area contributed by atoms with Crippen LogP contribution in [0.5, 0.6) is 0 Å². The van der Waals surface area contributed by atoms with E-state index in [9.17, 15) is 23.4 Å². The Bertz CT molecular complexity index is 392. The molecular formula is C10H16F3N3O2.